The molecule has 2 aromatic carbocycles. The highest BCUT2D eigenvalue weighted by Crippen LogP contribution is 2.16. The van der Waals surface area contributed by atoms with Crippen LogP contribution in [0.2, 0.25) is 0 Å². The maximum atomic E-state index is 5.31. The molecule has 0 radical (unpaired) electrons. The SMILES string of the molecule is CN=C(NCc1ccc(OC)cc1)NCc1cc(C)cc(OC)c1. The van der Waals surface area contributed by atoms with Crippen molar-refractivity contribution < 1.29 is 9.47 Å². The first-order valence-corrected chi connectivity index (χ1v) is 7.86. The molecule has 128 valence electrons. The third-order valence-corrected chi connectivity index (χ3v) is 3.65. The molecular formula is C19H25N3O2. The van der Waals surface area contributed by atoms with Gasteiger partial charge in [-0.2, -0.15) is 0 Å². The first-order valence-electron chi connectivity index (χ1n) is 7.86. The summed E-state index contributed by atoms with van der Waals surface area (Å²) in [7, 11) is 5.11. The standard InChI is InChI=1S/C19H25N3O2/c1-14-9-16(11-18(10-14)24-4)13-22-19(20-2)21-12-15-5-7-17(23-3)8-6-15/h5-11H,12-13H2,1-4H3,(H2,20,21,22). The zero-order chi connectivity index (χ0) is 17.4. The molecule has 24 heavy (non-hydrogen) atoms. The predicted molar refractivity (Wildman–Crippen MR) is 97.8 cm³/mol. The number of benzene rings is 2. The van der Waals surface area contributed by atoms with Crippen LogP contribution in [0.1, 0.15) is 16.7 Å². The van der Waals surface area contributed by atoms with Crippen molar-refractivity contribution in [2.75, 3.05) is 21.3 Å². The molecule has 2 N–H and O–H groups in total. The molecular weight excluding hydrogens is 302 g/mol. The van der Waals surface area contributed by atoms with Crippen LogP contribution in [-0.4, -0.2) is 27.2 Å². The number of aryl methyl sites for hydroxylation is 1. The Morgan fingerprint density at radius 2 is 1.50 bits per heavy atom. The van der Waals surface area contributed by atoms with Crippen LogP contribution >= 0.6 is 0 Å². The molecule has 0 saturated heterocycles. The predicted octanol–water partition coefficient (Wildman–Crippen LogP) is 2.88. The van der Waals surface area contributed by atoms with E-state index >= 15 is 0 Å². The third-order valence-electron chi connectivity index (χ3n) is 3.65. The number of guanidine groups is 1. The van der Waals surface area contributed by atoms with Gasteiger partial charge in [-0.25, -0.2) is 0 Å². The summed E-state index contributed by atoms with van der Waals surface area (Å²) < 4.78 is 10.5. The van der Waals surface area contributed by atoms with E-state index in [1.54, 1.807) is 21.3 Å². The van der Waals surface area contributed by atoms with E-state index in [1.165, 1.54) is 5.56 Å². The number of aliphatic imine (C=N–C) groups is 1. The minimum atomic E-state index is 0.681. The van der Waals surface area contributed by atoms with Crippen molar-refractivity contribution in [2.45, 2.75) is 20.0 Å². The first-order chi connectivity index (χ1) is 11.6. The van der Waals surface area contributed by atoms with Crippen molar-refractivity contribution in [3.05, 3.63) is 59.2 Å². The second-order valence-electron chi connectivity index (χ2n) is 5.49. The van der Waals surface area contributed by atoms with Crippen LogP contribution in [0.4, 0.5) is 0 Å². The summed E-state index contributed by atoms with van der Waals surface area (Å²) in [5, 5.41) is 6.62. The molecule has 2 rings (SSSR count). The lowest BCUT2D eigenvalue weighted by molar-refractivity contribution is 0.414. The second kappa shape index (κ2) is 8.82. The maximum Gasteiger partial charge on any atom is 0.191 e. The minimum Gasteiger partial charge on any atom is -0.497 e. The van der Waals surface area contributed by atoms with E-state index in [-0.39, 0.29) is 0 Å². The van der Waals surface area contributed by atoms with Gasteiger partial charge < -0.3 is 20.1 Å². The molecule has 0 aliphatic carbocycles. The molecule has 0 aromatic heterocycles. The second-order valence-corrected chi connectivity index (χ2v) is 5.49. The first kappa shape index (κ1) is 17.7. The fourth-order valence-corrected chi connectivity index (χ4v) is 2.38. The largest absolute Gasteiger partial charge is 0.497 e. The van der Waals surface area contributed by atoms with Crippen LogP contribution in [0.15, 0.2) is 47.5 Å². The number of nitrogens with one attached hydrogen (secondary N) is 2. The van der Waals surface area contributed by atoms with E-state index in [2.05, 4.69) is 28.6 Å². The summed E-state index contributed by atoms with van der Waals surface area (Å²) >= 11 is 0. The highest BCUT2D eigenvalue weighted by Gasteiger charge is 2.02. The number of methoxy groups -OCH3 is 2. The van der Waals surface area contributed by atoms with Crippen LogP contribution in [0.25, 0.3) is 0 Å². The number of hydrogen-bond donors (Lipinski definition) is 2. The lowest BCUT2D eigenvalue weighted by atomic mass is 10.1. The summed E-state index contributed by atoms with van der Waals surface area (Å²) in [6.07, 6.45) is 0. The lowest BCUT2D eigenvalue weighted by Gasteiger charge is -2.13. The lowest BCUT2D eigenvalue weighted by Crippen LogP contribution is -2.36. The van der Waals surface area contributed by atoms with Crippen molar-refractivity contribution in [3.8, 4) is 11.5 Å². The Labute approximate surface area is 143 Å². The van der Waals surface area contributed by atoms with E-state index in [1.807, 2.05) is 36.4 Å². The summed E-state index contributed by atoms with van der Waals surface area (Å²) in [4.78, 5) is 4.26. The summed E-state index contributed by atoms with van der Waals surface area (Å²) in [6, 6.07) is 14.1. The zero-order valence-corrected chi connectivity index (χ0v) is 14.7. The normalized spacial score (nSPS) is 11.1. The van der Waals surface area contributed by atoms with Crippen LogP contribution in [0.3, 0.4) is 0 Å². The average molecular weight is 327 g/mol. The van der Waals surface area contributed by atoms with Crippen LogP contribution < -0.4 is 20.1 Å². The van der Waals surface area contributed by atoms with Gasteiger partial charge in [-0.1, -0.05) is 18.2 Å². The van der Waals surface area contributed by atoms with Crippen molar-refractivity contribution in [2.24, 2.45) is 4.99 Å². The monoisotopic (exact) mass is 327 g/mol. The zero-order valence-electron chi connectivity index (χ0n) is 14.7. The Balaban J connectivity index is 1.89. The van der Waals surface area contributed by atoms with E-state index in [0.29, 0.717) is 13.1 Å². The number of nitrogens with zero attached hydrogens (tertiary/aromatic N) is 1. The molecule has 5 heteroatoms. The molecule has 0 unspecified atom stereocenters. The molecule has 0 aliphatic rings. The van der Waals surface area contributed by atoms with E-state index in [0.717, 1.165) is 28.6 Å². The van der Waals surface area contributed by atoms with E-state index < -0.39 is 0 Å². The minimum absolute atomic E-state index is 0.681. The van der Waals surface area contributed by atoms with E-state index in [9.17, 15) is 0 Å². The Bertz CT molecular complexity index is 682. The molecule has 2 aromatic rings. The van der Waals surface area contributed by atoms with Gasteiger partial charge >= 0.3 is 0 Å². The van der Waals surface area contributed by atoms with Gasteiger partial charge in [0.25, 0.3) is 0 Å². The molecule has 0 aliphatic heterocycles. The molecule has 0 saturated carbocycles. The molecule has 0 bridgehead atoms. The fourth-order valence-electron chi connectivity index (χ4n) is 2.38. The molecule has 0 spiro atoms. The van der Waals surface area contributed by atoms with Gasteiger partial charge in [0.1, 0.15) is 11.5 Å². The molecule has 0 amide bonds. The van der Waals surface area contributed by atoms with Crippen molar-refractivity contribution in [1.29, 1.82) is 0 Å². The van der Waals surface area contributed by atoms with Crippen molar-refractivity contribution in [1.82, 2.24) is 10.6 Å². The van der Waals surface area contributed by atoms with Crippen LogP contribution in [0, 0.1) is 6.92 Å². The summed E-state index contributed by atoms with van der Waals surface area (Å²) in [6.45, 7) is 3.43. The average Bonchev–Trinajstić information content (AvgIpc) is 2.61. The smallest absolute Gasteiger partial charge is 0.191 e. The van der Waals surface area contributed by atoms with Gasteiger partial charge in [0.05, 0.1) is 14.2 Å². The van der Waals surface area contributed by atoms with Gasteiger partial charge in [0, 0.05) is 20.1 Å². The van der Waals surface area contributed by atoms with Gasteiger partial charge in [0.2, 0.25) is 0 Å². The highest BCUT2D eigenvalue weighted by atomic mass is 16.5. The van der Waals surface area contributed by atoms with Gasteiger partial charge in [-0.15, -0.1) is 0 Å². The topological polar surface area (TPSA) is 54.9 Å². The number of ether oxygens (including phenoxy) is 2. The Kier molecular flexibility index (Phi) is 6.49. The quantitative estimate of drug-likeness (QED) is 0.633. The maximum absolute atomic E-state index is 5.31. The fraction of sp³-hybridized carbons (Fsp3) is 0.316. The van der Waals surface area contributed by atoms with Crippen LogP contribution in [0.5, 0.6) is 11.5 Å². The summed E-state index contributed by atoms with van der Waals surface area (Å²) in [5.74, 6) is 2.48. The van der Waals surface area contributed by atoms with Gasteiger partial charge in [-0.3, -0.25) is 4.99 Å². The summed E-state index contributed by atoms with van der Waals surface area (Å²) in [5.41, 5.74) is 3.49. The highest BCUT2D eigenvalue weighted by molar-refractivity contribution is 5.79. The number of hydrogen-bond acceptors (Lipinski definition) is 3. The Morgan fingerprint density at radius 3 is 2.08 bits per heavy atom. The number of rotatable bonds is 6. The van der Waals surface area contributed by atoms with E-state index in [4.69, 9.17) is 9.47 Å². The molecule has 0 heterocycles. The molecule has 5 nitrogen and oxygen atoms in total. The van der Waals surface area contributed by atoms with Crippen molar-refractivity contribution >= 4 is 5.96 Å². The van der Waals surface area contributed by atoms with Crippen molar-refractivity contribution in [3.63, 3.8) is 0 Å². The Morgan fingerprint density at radius 1 is 0.875 bits per heavy atom. The van der Waals surface area contributed by atoms with Gasteiger partial charge in [-0.05, 0) is 47.9 Å². The molecule has 0 atom stereocenters. The van der Waals surface area contributed by atoms with Gasteiger partial charge in [0.15, 0.2) is 5.96 Å². The van der Waals surface area contributed by atoms with Crippen LogP contribution in [-0.2, 0) is 13.1 Å². The molecule has 0 fully saturated rings. The Hall–Kier alpha value is -2.69. The third kappa shape index (κ3) is 5.19.